The van der Waals surface area contributed by atoms with E-state index in [9.17, 15) is 19.3 Å². The maximum atomic E-state index is 14.9. The summed E-state index contributed by atoms with van der Waals surface area (Å²) < 4.78 is 20.7. The Labute approximate surface area is 195 Å². The number of nitrogens with two attached hydrogens (primary N) is 1. The van der Waals surface area contributed by atoms with Gasteiger partial charge < -0.3 is 15.4 Å². The van der Waals surface area contributed by atoms with Crippen LogP contribution in [-0.2, 0) is 6.54 Å². The number of aryl methyl sites for hydroxylation is 1. The number of hydrogen-bond acceptors (Lipinski definition) is 6. The van der Waals surface area contributed by atoms with Crippen molar-refractivity contribution in [2.45, 2.75) is 32.2 Å². The van der Waals surface area contributed by atoms with Gasteiger partial charge in [-0.2, -0.15) is 0 Å². The van der Waals surface area contributed by atoms with Gasteiger partial charge in [-0.25, -0.2) is 9.37 Å². The van der Waals surface area contributed by atoms with Crippen molar-refractivity contribution in [2.24, 2.45) is 0 Å². The molecule has 1 aliphatic carbocycles. The molecule has 0 saturated heterocycles. The maximum Gasteiger partial charge on any atom is 0.318 e. The lowest BCUT2D eigenvalue weighted by atomic mass is 9.98. The molecule has 1 fully saturated rings. The van der Waals surface area contributed by atoms with Crippen LogP contribution in [0.2, 0.25) is 0 Å². The number of nitro groups is 1. The molecule has 174 valence electrons. The average Bonchev–Trinajstić information content (AvgIpc) is 3.64. The molecule has 2 aromatic carbocycles. The molecule has 1 aliphatic heterocycles. The minimum Gasteiger partial charge on any atom is -0.491 e. The Morgan fingerprint density at radius 2 is 2.06 bits per heavy atom. The van der Waals surface area contributed by atoms with Gasteiger partial charge in [-0.05, 0) is 66.1 Å². The van der Waals surface area contributed by atoms with E-state index in [1.165, 1.54) is 12.3 Å². The van der Waals surface area contributed by atoms with Gasteiger partial charge >= 0.3 is 5.69 Å². The number of amides is 1. The number of hydrogen-bond donors (Lipinski definition) is 1. The van der Waals surface area contributed by atoms with Crippen molar-refractivity contribution in [3.8, 4) is 16.9 Å². The van der Waals surface area contributed by atoms with Gasteiger partial charge in [0.25, 0.3) is 5.91 Å². The Balaban J connectivity index is 1.43. The van der Waals surface area contributed by atoms with Crippen molar-refractivity contribution in [3.05, 3.63) is 80.8 Å². The summed E-state index contributed by atoms with van der Waals surface area (Å²) in [6, 6.07) is 10.2. The zero-order valence-electron chi connectivity index (χ0n) is 18.6. The fraction of sp³-hybridized carbons (Fsp3) is 0.280. The Morgan fingerprint density at radius 3 is 2.76 bits per heavy atom. The third kappa shape index (κ3) is 3.93. The number of ether oxygens (including phenoxy) is 1. The van der Waals surface area contributed by atoms with Crippen LogP contribution in [0.15, 0.2) is 42.6 Å². The molecule has 0 atom stereocenters. The molecular weight excluding hydrogens is 439 g/mol. The summed E-state index contributed by atoms with van der Waals surface area (Å²) in [6.45, 7) is 2.72. The summed E-state index contributed by atoms with van der Waals surface area (Å²) in [5.74, 6) is -0.445. The van der Waals surface area contributed by atoms with E-state index in [1.54, 1.807) is 23.1 Å². The van der Waals surface area contributed by atoms with Gasteiger partial charge in [0.1, 0.15) is 23.7 Å². The maximum absolute atomic E-state index is 14.9. The van der Waals surface area contributed by atoms with Gasteiger partial charge in [-0.1, -0.05) is 18.2 Å². The molecule has 2 N–H and O–H groups in total. The fourth-order valence-corrected chi connectivity index (χ4v) is 4.39. The summed E-state index contributed by atoms with van der Waals surface area (Å²) in [6.07, 6.45) is 3.49. The third-order valence-corrected chi connectivity index (χ3v) is 6.39. The zero-order valence-corrected chi connectivity index (χ0v) is 18.6. The van der Waals surface area contributed by atoms with E-state index in [2.05, 4.69) is 4.98 Å². The highest BCUT2D eigenvalue weighted by Gasteiger charge is 2.31. The molecule has 2 heterocycles. The van der Waals surface area contributed by atoms with Gasteiger partial charge in [0.2, 0.25) is 5.82 Å². The highest BCUT2D eigenvalue weighted by atomic mass is 19.1. The quantitative estimate of drug-likeness (QED) is 0.438. The number of rotatable bonds is 5. The zero-order chi connectivity index (χ0) is 24.0. The van der Waals surface area contributed by atoms with Crippen LogP contribution in [0.25, 0.3) is 11.1 Å². The molecule has 0 unspecified atom stereocenters. The topological polar surface area (TPSA) is 112 Å². The SMILES string of the molecule is Cc1cc(-c2ccnc(N)c2[N+](=O)[O-])ccc1CN1CCOc2cc(C3CC3)cc(F)c2C1=O. The second-order valence-corrected chi connectivity index (χ2v) is 8.72. The first kappa shape index (κ1) is 21.8. The van der Waals surface area contributed by atoms with Crippen molar-refractivity contribution in [2.75, 3.05) is 18.9 Å². The number of halogens is 1. The molecule has 0 radical (unpaired) electrons. The molecule has 0 bridgehead atoms. The number of anilines is 1. The minimum absolute atomic E-state index is 0.0286. The summed E-state index contributed by atoms with van der Waals surface area (Å²) in [7, 11) is 0. The van der Waals surface area contributed by atoms with Gasteiger partial charge in [0.15, 0.2) is 0 Å². The van der Waals surface area contributed by atoms with Crippen LogP contribution in [-0.4, -0.2) is 33.9 Å². The number of nitrogen functional groups attached to an aromatic ring is 1. The van der Waals surface area contributed by atoms with E-state index >= 15 is 0 Å². The van der Waals surface area contributed by atoms with Gasteiger partial charge in [-0.15, -0.1) is 0 Å². The van der Waals surface area contributed by atoms with Crippen molar-refractivity contribution in [3.63, 3.8) is 0 Å². The second-order valence-electron chi connectivity index (χ2n) is 8.72. The van der Waals surface area contributed by atoms with Gasteiger partial charge in [0, 0.05) is 12.7 Å². The summed E-state index contributed by atoms with van der Waals surface area (Å²) >= 11 is 0. The van der Waals surface area contributed by atoms with E-state index in [1.807, 2.05) is 19.1 Å². The monoisotopic (exact) mass is 462 g/mol. The van der Waals surface area contributed by atoms with Crippen LogP contribution in [0.4, 0.5) is 15.9 Å². The molecule has 1 aromatic heterocycles. The summed E-state index contributed by atoms with van der Waals surface area (Å²) in [4.78, 5) is 29.6. The third-order valence-electron chi connectivity index (χ3n) is 6.39. The average molecular weight is 462 g/mol. The lowest BCUT2D eigenvalue weighted by Gasteiger charge is -2.21. The number of pyridine rings is 1. The predicted octanol–water partition coefficient (Wildman–Crippen LogP) is 4.60. The number of carbonyl (C=O) groups is 1. The first-order valence-corrected chi connectivity index (χ1v) is 11.1. The second kappa shape index (κ2) is 8.40. The van der Waals surface area contributed by atoms with Crippen molar-refractivity contribution < 1.29 is 18.8 Å². The first-order chi connectivity index (χ1) is 16.3. The van der Waals surface area contributed by atoms with E-state index in [-0.39, 0.29) is 30.2 Å². The minimum atomic E-state index is -0.550. The first-order valence-electron chi connectivity index (χ1n) is 11.1. The van der Waals surface area contributed by atoms with E-state index in [0.717, 1.165) is 29.5 Å². The molecule has 1 saturated carbocycles. The van der Waals surface area contributed by atoms with Gasteiger partial charge in [-0.3, -0.25) is 14.9 Å². The summed E-state index contributed by atoms with van der Waals surface area (Å²) in [5.41, 5.74) is 9.01. The fourth-order valence-electron chi connectivity index (χ4n) is 4.39. The van der Waals surface area contributed by atoms with Crippen LogP contribution in [0.3, 0.4) is 0 Å². The van der Waals surface area contributed by atoms with Crippen LogP contribution < -0.4 is 10.5 Å². The van der Waals surface area contributed by atoms with Crippen molar-refractivity contribution >= 4 is 17.4 Å². The Bertz CT molecular complexity index is 1320. The number of fused-ring (bicyclic) bond motifs is 1. The molecule has 9 heteroatoms. The number of benzene rings is 2. The molecule has 3 aromatic rings. The van der Waals surface area contributed by atoms with Crippen LogP contribution >= 0.6 is 0 Å². The molecule has 1 amide bonds. The van der Waals surface area contributed by atoms with E-state index in [0.29, 0.717) is 29.3 Å². The largest absolute Gasteiger partial charge is 0.491 e. The number of carbonyl (C=O) groups excluding carboxylic acids is 1. The lowest BCUT2D eigenvalue weighted by Crippen LogP contribution is -2.32. The van der Waals surface area contributed by atoms with E-state index < -0.39 is 16.6 Å². The molecule has 2 aliphatic rings. The normalized spacial score (nSPS) is 15.5. The number of aromatic nitrogens is 1. The highest BCUT2D eigenvalue weighted by Crippen LogP contribution is 2.43. The molecule has 5 rings (SSSR count). The molecular formula is C25H23FN4O4. The lowest BCUT2D eigenvalue weighted by molar-refractivity contribution is -0.383. The summed E-state index contributed by atoms with van der Waals surface area (Å²) in [5, 5.41) is 11.5. The van der Waals surface area contributed by atoms with E-state index in [4.69, 9.17) is 10.5 Å². The predicted molar refractivity (Wildman–Crippen MR) is 124 cm³/mol. The Kier molecular flexibility index (Phi) is 5.39. The molecule has 8 nitrogen and oxygen atoms in total. The van der Waals surface area contributed by atoms with Crippen molar-refractivity contribution in [1.82, 2.24) is 9.88 Å². The Hall–Kier alpha value is -4.01. The smallest absolute Gasteiger partial charge is 0.318 e. The number of nitrogens with zero attached hydrogens (tertiary/aromatic N) is 3. The van der Waals surface area contributed by atoms with Crippen LogP contribution in [0, 0.1) is 22.9 Å². The van der Waals surface area contributed by atoms with Crippen molar-refractivity contribution in [1.29, 1.82) is 0 Å². The van der Waals surface area contributed by atoms with Gasteiger partial charge in [0.05, 0.1) is 17.0 Å². The highest BCUT2D eigenvalue weighted by molar-refractivity contribution is 5.97. The van der Waals surface area contributed by atoms with Crippen LogP contribution in [0.1, 0.15) is 45.8 Å². The molecule has 34 heavy (non-hydrogen) atoms. The molecule has 0 spiro atoms. The standard InChI is InChI=1S/C25H23FN4O4/c1-14-10-16(19-6-7-28-24(27)23(19)30(32)33)4-5-17(14)13-29-8-9-34-21-12-18(15-2-3-15)11-20(26)22(21)25(29)31/h4-7,10-12,15H,2-3,8-9,13H2,1H3,(H2,27,28). The Morgan fingerprint density at radius 1 is 1.26 bits per heavy atom. The van der Waals surface area contributed by atoms with Crippen LogP contribution in [0.5, 0.6) is 5.75 Å².